The molecule has 0 radical (unpaired) electrons. The first-order valence-corrected chi connectivity index (χ1v) is 5.18. The van der Waals surface area contributed by atoms with Crippen molar-refractivity contribution < 1.29 is 9.90 Å². The van der Waals surface area contributed by atoms with Gasteiger partial charge in [0.25, 0.3) is 5.56 Å². The van der Waals surface area contributed by atoms with Crippen LogP contribution in [0.4, 0.5) is 0 Å². The molecule has 0 aliphatic rings. The lowest BCUT2D eigenvalue weighted by Crippen LogP contribution is -2.08. The average Bonchev–Trinajstić information content (AvgIpc) is 2.48. The van der Waals surface area contributed by atoms with E-state index >= 15 is 0 Å². The number of hydrogen-bond acceptors (Lipinski definition) is 3. The third-order valence-corrected chi connectivity index (χ3v) is 2.90. The Hall–Kier alpha value is -2.11. The molecular formula is C11H13N3O3. The minimum atomic E-state index is -0.926. The predicted octanol–water partition coefficient (Wildman–Crippen LogP) is 0.506. The van der Waals surface area contributed by atoms with Crippen molar-refractivity contribution in [3.63, 3.8) is 0 Å². The zero-order valence-electron chi connectivity index (χ0n) is 9.87. The van der Waals surface area contributed by atoms with Crippen molar-refractivity contribution in [3.8, 4) is 0 Å². The summed E-state index contributed by atoms with van der Waals surface area (Å²) in [5.74, 6) is -0.926. The van der Waals surface area contributed by atoms with E-state index in [1.807, 2.05) is 0 Å². The molecule has 2 aromatic rings. The molecule has 2 rings (SSSR count). The monoisotopic (exact) mass is 235 g/mol. The molecule has 2 heterocycles. The molecule has 0 saturated carbocycles. The van der Waals surface area contributed by atoms with E-state index in [-0.39, 0.29) is 12.0 Å². The van der Waals surface area contributed by atoms with E-state index in [2.05, 4.69) is 10.1 Å². The van der Waals surface area contributed by atoms with Gasteiger partial charge in [-0.3, -0.25) is 19.4 Å². The van der Waals surface area contributed by atoms with Gasteiger partial charge in [0.15, 0.2) is 5.65 Å². The van der Waals surface area contributed by atoms with Gasteiger partial charge in [-0.2, -0.15) is 0 Å². The van der Waals surface area contributed by atoms with Crippen molar-refractivity contribution >= 4 is 17.0 Å². The molecule has 0 aliphatic carbocycles. The summed E-state index contributed by atoms with van der Waals surface area (Å²) in [5.41, 5.74) is 2.27. The minimum absolute atomic E-state index is 0.116. The Morgan fingerprint density at radius 3 is 2.71 bits per heavy atom. The van der Waals surface area contributed by atoms with Gasteiger partial charge in [-0.15, -0.1) is 0 Å². The number of aromatic amines is 1. The summed E-state index contributed by atoms with van der Waals surface area (Å²) in [6, 6.07) is 0. The number of pyridine rings is 1. The molecule has 0 aromatic carbocycles. The zero-order valence-corrected chi connectivity index (χ0v) is 9.87. The van der Waals surface area contributed by atoms with E-state index in [1.165, 1.54) is 0 Å². The fourth-order valence-electron chi connectivity index (χ4n) is 2.06. The molecule has 0 fully saturated rings. The molecule has 0 spiro atoms. The lowest BCUT2D eigenvalue weighted by molar-refractivity contribution is -0.136. The Balaban J connectivity index is 2.83. The topological polar surface area (TPSA) is 88.0 Å². The lowest BCUT2D eigenvalue weighted by Gasteiger charge is -2.07. The third-order valence-electron chi connectivity index (χ3n) is 2.90. The minimum Gasteiger partial charge on any atom is -0.481 e. The number of aryl methyl sites for hydroxylation is 3. The van der Waals surface area contributed by atoms with Crippen molar-refractivity contribution in [3.05, 3.63) is 27.2 Å². The number of aliphatic carboxylic acids is 1. The van der Waals surface area contributed by atoms with Crippen LogP contribution in [-0.4, -0.2) is 25.8 Å². The first-order valence-electron chi connectivity index (χ1n) is 5.18. The van der Waals surface area contributed by atoms with Crippen molar-refractivity contribution in [2.24, 2.45) is 7.05 Å². The van der Waals surface area contributed by atoms with Crippen LogP contribution in [0.5, 0.6) is 0 Å². The summed E-state index contributed by atoms with van der Waals surface area (Å²) < 4.78 is 1.54. The number of nitrogens with one attached hydrogen (secondary N) is 1. The van der Waals surface area contributed by atoms with E-state index in [0.29, 0.717) is 27.9 Å². The zero-order chi connectivity index (χ0) is 12.7. The van der Waals surface area contributed by atoms with Gasteiger partial charge in [0.1, 0.15) is 0 Å². The van der Waals surface area contributed by atoms with E-state index in [9.17, 15) is 9.59 Å². The second kappa shape index (κ2) is 3.73. The molecule has 2 N–H and O–H groups in total. The Morgan fingerprint density at radius 2 is 2.12 bits per heavy atom. The summed E-state index contributed by atoms with van der Waals surface area (Å²) >= 11 is 0. The summed E-state index contributed by atoms with van der Waals surface area (Å²) in [4.78, 5) is 26.8. The highest BCUT2D eigenvalue weighted by molar-refractivity contribution is 5.82. The molecule has 0 amide bonds. The van der Waals surface area contributed by atoms with E-state index in [0.717, 1.165) is 0 Å². The van der Waals surface area contributed by atoms with Crippen LogP contribution in [0.15, 0.2) is 4.79 Å². The van der Waals surface area contributed by atoms with Gasteiger partial charge in [-0.25, -0.2) is 4.98 Å². The molecule has 90 valence electrons. The quantitative estimate of drug-likeness (QED) is 0.793. The second-order valence-corrected chi connectivity index (χ2v) is 4.07. The number of H-pyrrole nitrogens is 1. The molecule has 17 heavy (non-hydrogen) atoms. The molecule has 2 aromatic heterocycles. The first kappa shape index (κ1) is 11.4. The number of rotatable bonds is 2. The number of nitrogens with zero attached hydrogens (tertiary/aromatic N) is 2. The molecule has 0 unspecified atom stereocenters. The maximum absolute atomic E-state index is 11.7. The third kappa shape index (κ3) is 1.71. The number of fused-ring (bicyclic) bond motifs is 1. The molecular weight excluding hydrogens is 222 g/mol. The van der Waals surface area contributed by atoms with Crippen molar-refractivity contribution in [2.75, 3.05) is 0 Å². The van der Waals surface area contributed by atoms with Crippen LogP contribution < -0.4 is 5.56 Å². The number of carboxylic acid groups (broad SMARTS) is 1. The highest BCUT2D eigenvalue weighted by atomic mass is 16.4. The highest BCUT2D eigenvalue weighted by Crippen LogP contribution is 2.19. The van der Waals surface area contributed by atoms with Crippen LogP contribution in [0.25, 0.3) is 11.0 Å². The van der Waals surface area contributed by atoms with Gasteiger partial charge in [0, 0.05) is 12.7 Å². The van der Waals surface area contributed by atoms with Crippen molar-refractivity contribution in [1.29, 1.82) is 0 Å². The standard InChI is InChI=1S/C11H13N3O3/c1-5-7(4-8(15)16)6(2)12-10-9(5)11(17)13-14(10)3/h4H2,1-3H3,(H,13,17)(H,15,16). The SMILES string of the molecule is Cc1nc2c(c(C)c1CC(=O)O)c(=O)[nH]n2C. The van der Waals surface area contributed by atoms with Crippen LogP contribution in [0.2, 0.25) is 0 Å². The van der Waals surface area contributed by atoms with Crippen LogP contribution in [0, 0.1) is 13.8 Å². The Kier molecular flexibility index (Phi) is 2.49. The molecule has 0 saturated heterocycles. The number of carbonyl (C=O) groups is 1. The van der Waals surface area contributed by atoms with Crippen molar-refractivity contribution in [2.45, 2.75) is 20.3 Å². The molecule has 6 heteroatoms. The Labute approximate surface area is 96.9 Å². The van der Waals surface area contributed by atoms with Crippen LogP contribution in [0.3, 0.4) is 0 Å². The number of carboxylic acids is 1. The molecule has 0 bridgehead atoms. The van der Waals surface area contributed by atoms with E-state index < -0.39 is 5.97 Å². The molecule has 0 aliphatic heterocycles. The Bertz CT molecular complexity index is 667. The van der Waals surface area contributed by atoms with Gasteiger partial charge in [-0.05, 0) is 25.0 Å². The van der Waals surface area contributed by atoms with Crippen LogP contribution >= 0.6 is 0 Å². The molecule has 6 nitrogen and oxygen atoms in total. The highest BCUT2D eigenvalue weighted by Gasteiger charge is 2.16. The van der Waals surface area contributed by atoms with Crippen molar-refractivity contribution in [1.82, 2.24) is 14.8 Å². The van der Waals surface area contributed by atoms with Crippen LogP contribution in [-0.2, 0) is 18.3 Å². The summed E-state index contributed by atoms with van der Waals surface area (Å²) in [7, 11) is 1.70. The lowest BCUT2D eigenvalue weighted by atomic mass is 10.0. The summed E-state index contributed by atoms with van der Waals surface area (Å²) in [6.07, 6.45) is -0.116. The average molecular weight is 235 g/mol. The summed E-state index contributed by atoms with van der Waals surface area (Å²) in [5, 5.41) is 11.9. The molecule has 0 atom stereocenters. The fraction of sp³-hybridized carbons (Fsp3) is 0.364. The van der Waals surface area contributed by atoms with Gasteiger partial charge < -0.3 is 5.11 Å². The number of hydrogen-bond donors (Lipinski definition) is 2. The fourth-order valence-corrected chi connectivity index (χ4v) is 2.06. The van der Waals surface area contributed by atoms with E-state index in [4.69, 9.17) is 5.11 Å². The Morgan fingerprint density at radius 1 is 1.47 bits per heavy atom. The first-order chi connectivity index (χ1) is 7.91. The summed E-state index contributed by atoms with van der Waals surface area (Å²) in [6.45, 7) is 3.51. The second-order valence-electron chi connectivity index (χ2n) is 4.07. The van der Waals surface area contributed by atoms with Crippen LogP contribution in [0.1, 0.15) is 16.8 Å². The largest absolute Gasteiger partial charge is 0.481 e. The smallest absolute Gasteiger partial charge is 0.307 e. The maximum atomic E-state index is 11.7. The van der Waals surface area contributed by atoms with E-state index in [1.54, 1.807) is 25.6 Å². The predicted molar refractivity (Wildman–Crippen MR) is 62.1 cm³/mol. The maximum Gasteiger partial charge on any atom is 0.307 e. The number of aromatic nitrogens is 3. The van der Waals surface area contributed by atoms with Gasteiger partial charge in [0.2, 0.25) is 0 Å². The van der Waals surface area contributed by atoms with Gasteiger partial charge >= 0.3 is 5.97 Å². The normalized spacial score (nSPS) is 11.0. The van der Waals surface area contributed by atoms with Gasteiger partial charge in [0.05, 0.1) is 11.8 Å². The van der Waals surface area contributed by atoms with Gasteiger partial charge in [-0.1, -0.05) is 0 Å².